The van der Waals surface area contributed by atoms with Crippen LogP contribution in [0.15, 0.2) is 48.5 Å². The third-order valence-corrected chi connectivity index (χ3v) is 3.83. The fraction of sp³-hybridized carbons (Fsp3) is 0.381. The first kappa shape index (κ1) is 22.5. The first-order valence-electron chi connectivity index (χ1n) is 9.05. The molecule has 29 heavy (non-hydrogen) atoms. The predicted octanol–water partition coefficient (Wildman–Crippen LogP) is 4.58. The minimum atomic E-state index is -4.38. The van der Waals surface area contributed by atoms with Crippen LogP contribution < -0.4 is 9.47 Å². The van der Waals surface area contributed by atoms with Crippen LogP contribution in [0, 0.1) is 0 Å². The molecular formula is C21H23F3O5. The summed E-state index contributed by atoms with van der Waals surface area (Å²) in [6.45, 7) is 3.86. The lowest BCUT2D eigenvalue weighted by Gasteiger charge is -2.17. The van der Waals surface area contributed by atoms with Crippen molar-refractivity contribution in [2.75, 3.05) is 13.2 Å². The monoisotopic (exact) mass is 412 g/mol. The maximum atomic E-state index is 12.5. The Balaban J connectivity index is 1.84. The standard InChI is InChI=1S/C21H23F3O5/c1-14(2)29-19(20(25)26)13-15-4-3-5-18(12-15)28-11-10-27-17-8-6-16(7-9-17)21(22,23)24/h3-9,12,14,19H,10-11,13H2,1-2H3,(H,25,26). The molecule has 0 aliphatic rings. The van der Waals surface area contributed by atoms with Gasteiger partial charge in [0.15, 0.2) is 6.10 Å². The first-order chi connectivity index (χ1) is 13.6. The van der Waals surface area contributed by atoms with Crippen molar-refractivity contribution in [2.45, 2.75) is 38.7 Å². The Hall–Kier alpha value is -2.74. The summed E-state index contributed by atoms with van der Waals surface area (Å²) in [5.74, 6) is -0.187. The predicted molar refractivity (Wildman–Crippen MR) is 100 cm³/mol. The Morgan fingerprint density at radius 2 is 1.62 bits per heavy atom. The highest BCUT2D eigenvalue weighted by atomic mass is 19.4. The Morgan fingerprint density at radius 3 is 2.17 bits per heavy atom. The topological polar surface area (TPSA) is 65.0 Å². The van der Waals surface area contributed by atoms with Gasteiger partial charge >= 0.3 is 12.1 Å². The molecule has 0 heterocycles. The second kappa shape index (κ2) is 10.2. The molecule has 0 saturated heterocycles. The molecule has 5 nitrogen and oxygen atoms in total. The van der Waals surface area contributed by atoms with Gasteiger partial charge in [-0.2, -0.15) is 13.2 Å². The van der Waals surface area contributed by atoms with Gasteiger partial charge in [-0.3, -0.25) is 0 Å². The molecule has 1 unspecified atom stereocenters. The van der Waals surface area contributed by atoms with Crippen LogP contribution in [0.4, 0.5) is 13.2 Å². The van der Waals surface area contributed by atoms with Gasteiger partial charge in [0.2, 0.25) is 0 Å². The van der Waals surface area contributed by atoms with Crippen LogP contribution in [0.3, 0.4) is 0 Å². The number of hydrogen-bond donors (Lipinski definition) is 1. The zero-order valence-electron chi connectivity index (χ0n) is 16.1. The molecule has 1 atom stereocenters. The molecule has 0 saturated carbocycles. The molecule has 2 aromatic carbocycles. The quantitative estimate of drug-likeness (QED) is 0.579. The number of hydrogen-bond acceptors (Lipinski definition) is 4. The Labute approximate surface area is 167 Å². The van der Waals surface area contributed by atoms with E-state index in [1.807, 2.05) is 0 Å². The van der Waals surface area contributed by atoms with E-state index in [9.17, 15) is 23.1 Å². The normalized spacial score (nSPS) is 12.6. The van der Waals surface area contributed by atoms with E-state index >= 15 is 0 Å². The molecule has 1 N–H and O–H groups in total. The van der Waals surface area contributed by atoms with Gasteiger partial charge < -0.3 is 19.3 Å². The molecule has 0 aromatic heterocycles. The van der Waals surface area contributed by atoms with Crippen LogP contribution in [0.1, 0.15) is 25.0 Å². The molecule has 0 aliphatic heterocycles. The summed E-state index contributed by atoms with van der Waals surface area (Å²) >= 11 is 0. The van der Waals surface area contributed by atoms with E-state index < -0.39 is 23.8 Å². The molecular weight excluding hydrogens is 389 g/mol. The van der Waals surface area contributed by atoms with Crippen molar-refractivity contribution in [1.82, 2.24) is 0 Å². The SMILES string of the molecule is CC(C)OC(Cc1cccc(OCCOc2ccc(C(F)(F)F)cc2)c1)C(=O)O. The zero-order valence-corrected chi connectivity index (χ0v) is 16.1. The molecule has 8 heteroatoms. The summed E-state index contributed by atoms with van der Waals surface area (Å²) in [7, 11) is 0. The van der Waals surface area contributed by atoms with E-state index in [2.05, 4.69) is 0 Å². The maximum Gasteiger partial charge on any atom is 0.416 e. The molecule has 2 rings (SSSR count). The summed E-state index contributed by atoms with van der Waals surface area (Å²) in [5.41, 5.74) is 0.0123. The summed E-state index contributed by atoms with van der Waals surface area (Å²) in [4.78, 5) is 11.3. The Morgan fingerprint density at radius 1 is 1.00 bits per heavy atom. The third-order valence-electron chi connectivity index (χ3n) is 3.83. The fourth-order valence-electron chi connectivity index (χ4n) is 2.56. The lowest BCUT2D eigenvalue weighted by atomic mass is 10.1. The summed E-state index contributed by atoms with van der Waals surface area (Å²) in [5, 5.41) is 9.26. The second-order valence-electron chi connectivity index (χ2n) is 6.58. The number of carboxylic acids is 1. The lowest BCUT2D eigenvalue weighted by molar-refractivity contribution is -0.153. The molecule has 0 bridgehead atoms. The minimum absolute atomic E-state index is 0.143. The van der Waals surface area contributed by atoms with Crippen LogP contribution in [-0.2, 0) is 22.1 Å². The van der Waals surface area contributed by atoms with Gasteiger partial charge in [-0.1, -0.05) is 12.1 Å². The Kier molecular flexibility index (Phi) is 7.90. The molecule has 0 radical (unpaired) electrons. The molecule has 2 aromatic rings. The summed E-state index contributed by atoms with van der Waals surface area (Å²) < 4.78 is 53.9. The maximum absolute atomic E-state index is 12.5. The van der Waals surface area contributed by atoms with Gasteiger partial charge in [0, 0.05) is 6.42 Å². The average molecular weight is 412 g/mol. The van der Waals surface area contributed by atoms with Gasteiger partial charge in [-0.05, 0) is 55.8 Å². The van der Waals surface area contributed by atoms with Crippen LogP contribution in [0.2, 0.25) is 0 Å². The zero-order chi connectivity index (χ0) is 21.4. The van der Waals surface area contributed by atoms with Gasteiger partial charge in [-0.15, -0.1) is 0 Å². The molecule has 0 fully saturated rings. The van der Waals surface area contributed by atoms with Crippen molar-refractivity contribution in [3.8, 4) is 11.5 Å². The number of aliphatic carboxylic acids is 1. The number of carbonyl (C=O) groups is 1. The van der Waals surface area contributed by atoms with Crippen molar-refractivity contribution >= 4 is 5.97 Å². The number of benzene rings is 2. The van der Waals surface area contributed by atoms with Crippen molar-refractivity contribution < 1.29 is 37.3 Å². The largest absolute Gasteiger partial charge is 0.490 e. The number of carboxylic acid groups (broad SMARTS) is 1. The molecule has 0 amide bonds. The van der Waals surface area contributed by atoms with Crippen LogP contribution in [-0.4, -0.2) is 36.5 Å². The number of alkyl halides is 3. The van der Waals surface area contributed by atoms with Gasteiger partial charge in [-0.25, -0.2) is 4.79 Å². The highest BCUT2D eigenvalue weighted by molar-refractivity contribution is 5.72. The van der Waals surface area contributed by atoms with Crippen LogP contribution in [0.5, 0.6) is 11.5 Å². The first-order valence-corrected chi connectivity index (χ1v) is 9.05. The molecule has 158 valence electrons. The van der Waals surface area contributed by atoms with E-state index in [0.717, 1.165) is 17.7 Å². The van der Waals surface area contributed by atoms with E-state index in [4.69, 9.17) is 14.2 Å². The summed E-state index contributed by atoms with van der Waals surface area (Å²) in [6, 6.07) is 11.4. The highest BCUT2D eigenvalue weighted by Gasteiger charge is 2.30. The lowest BCUT2D eigenvalue weighted by Crippen LogP contribution is -2.29. The van der Waals surface area contributed by atoms with E-state index in [-0.39, 0.29) is 25.7 Å². The van der Waals surface area contributed by atoms with Crippen molar-refractivity contribution in [3.05, 3.63) is 59.7 Å². The molecule has 0 spiro atoms. The third kappa shape index (κ3) is 7.65. The number of halogens is 3. The van der Waals surface area contributed by atoms with E-state index in [0.29, 0.717) is 11.5 Å². The Bertz CT molecular complexity index is 788. The average Bonchev–Trinajstić information content (AvgIpc) is 2.64. The smallest absolute Gasteiger partial charge is 0.416 e. The van der Waals surface area contributed by atoms with Crippen molar-refractivity contribution in [3.63, 3.8) is 0 Å². The molecule has 0 aliphatic carbocycles. The minimum Gasteiger partial charge on any atom is -0.490 e. The van der Waals surface area contributed by atoms with E-state index in [1.165, 1.54) is 12.1 Å². The van der Waals surface area contributed by atoms with Crippen molar-refractivity contribution in [2.24, 2.45) is 0 Å². The van der Waals surface area contributed by atoms with Gasteiger partial charge in [0.1, 0.15) is 24.7 Å². The fourth-order valence-corrected chi connectivity index (χ4v) is 2.56. The van der Waals surface area contributed by atoms with Crippen molar-refractivity contribution in [1.29, 1.82) is 0 Å². The number of rotatable bonds is 10. The number of ether oxygens (including phenoxy) is 3. The van der Waals surface area contributed by atoms with Gasteiger partial charge in [0.05, 0.1) is 11.7 Å². The van der Waals surface area contributed by atoms with Crippen LogP contribution in [0.25, 0.3) is 0 Å². The second-order valence-corrected chi connectivity index (χ2v) is 6.58. The van der Waals surface area contributed by atoms with Crippen LogP contribution >= 0.6 is 0 Å². The highest BCUT2D eigenvalue weighted by Crippen LogP contribution is 2.30. The van der Waals surface area contributed by atoms with Gasteiger partial charge in [0.25, 0.3) is 0 Å². The van der Waals surface area contributed by atoms with E-state index in [1.54, 1.807) is 38.1 Å². The summed E-state index contributed by atoms with van der Waals surface area (Å²) in [6.07, 6.45) is -5.34.